The summed E-state index contributed by atoms with van der Waals surface area (Å²) in [6, 6.07) is 4.30. The van der Waals surface area contributed by atoms with Gasteiger partial charge in [-0.1, -0.05) is 0 Å². The fourth-order valence-electron chi connectivity index (χ4n) is 2.77. The molecule has 1 fully saturated rings. The number of sulfonamides is 1. The van der Waals surface area contributed by atoms with E-state index in [9.17, 15) is 18.0 Å². The topological polar surface area (TPSA) is 102 Å². The fraction of sp³-hybridized carbons (Fsp3) is 0.500. The molecule has 0 unspecified atom stereocenters. The summed E-state index contributed by atoms with van der Waals surface area (Å²) in [4.78, 5) is 22.8. The summed E-state index contributed by atoms with van der Waals surface area (Å²) in [6.07, 6.45) is 0.847. The summed E-state index contributed by atoms with van der Waals surface area (Å²) in [5.74, 6) is -0.592. The highest BCUT2D eigenvalue weighted by Crippen LogP contribution is 2.30. The molecule has 0 atom stereocenters. The van der Waals surface area contributed by atoms with Gasteiger partial charge in [0.1, 0.15) is 5.75 Å². The minimum Gasteiger partial charge on any atom is -0.495 e. The van der Waals surface area contributed by atoms with E-state index < -0.39 is 10.0 Å². The van der Waals surface area contributed by atoms with Crippen LogP contribution in [0.5, 0.6) is 5.75 Å². The number of amides is 1. The van der Waals surface area contributed by atoms with Gasteiger partial charge in [0.05, 0.1) is 30.7 Å². The second kappa shape index (κ2) is 7.83. The van der Waals surface area contributed by atoms with E-state index in [1.807, 2.05) is 0 Å². The molecule has 25 heavy (non-hydrogen) atoms. The molecular formula is C16H22N2O6S. The van der Waals surface area contributed by atoms with Gasteiger partial charge < -0.3 is 14.8 Å². The van der Waals surface area contributed by atoms with E-state index in [2.05, 4.69) is 5.32 Å². The Bertz CT molecular complexity index is 754. The molecule has 9 heteroatoms. The molecule has 1 aromatic carbocycles. The van der Waals surface area contributed by atoms with Crippen molar-refractivity contribution in [3.8, 4) is 5.75 Å². The molecule has 1 aliphatic heterocycles. The summed E-state index contributed by atoms with van der Waals surface area (Å²) >= 11 is 0. The standard InChI is InChI=1S/C16H22N2O6S/c1-11(19)17-14-5-4-13(10-15(14)23-2)25(21,22)18-8-6-12(7-9-18)16(20)24-3/h4-5,10,12H,6-9H2,1-3H3,(H,17,19). The number of anilines is 1. The van der Waals surface area contributed by atoms with Crippen molar-refractivity contribution < 1.29 is 27.5 Å². The third-order valence-electron chi connectivity index (χ3n) is 4.11. The molecule has 1 amide bonds. The molecule has 1 heterocycles. The largest absolute Gasteiger partial charge is 0.495 e. The molecule has 0 saturated carbocycles. The SMILES string of the molecule is COC(=O)C1CCN(S(=O)(=O)c2ccc(NC(C)=O)c(OC)c2)CC1. The average Bonchev–Trinajstić information content (AvgIpc) is 2.60. The highest BCUT2D eigenvalue weighted by atomic mass is 32.2. The van der Waals surface area contributed by atoms with Gasteiger partial charge in [0, 0.05) is 26.1 Å². The predicted molar refractivity (Wildman–Crippen MR) is 90.8 cm³/mol. The molecule has 0 spiro atoms. The van der Waals surface area contributed by atoms with Gasteiger partial charge in [-0.25, -0.2) is 8.42 Å². The lowest BCUT2D eigenvalue weighted by Crippen LogP contribution is -2.40. The summed E-state index contributed by atoms with van der Waals surface area (Å²) in [6.45, 7) is 1.85. The number of esters is 1. The van der Waals surface area contributed by atoms with Gasteiger partial charge in [-0.3, -0.25) is 9.59 Å². The van der Waals surface area contributed by atoms with Gasteiger partial charge in [-0.05, 0) is 25.0 Å². The molecule has 2 rings (SSSR count). The normalized spacial score (nSPS) is 16.3. The summed E-state index contributed by atoms with van der Waals surface area (Å²) < 4.78 is 36.8. The molecule has 0 aromatic heterocycles. The number of hydrogen-bond donors (Lipinski definition) is 1. The first-order valence-corrected chi connectivity index (χ1v) is 9.27. The first kappa shape index (κ1) is 19.2. The number of piperidine rings is 1. The van der Waals surface area contributed by atoms with Gasteiger partial charge in [0.25, 0.3) is 0 Å². The maximum atomic E-state index is 12.8. The van der Waals surface area contributed by atoms with Crippen LogP contribution in [-0.4, -0.2) is 51.9 Å². The first-order chi connectivity index (χ1) is 11.8. The maximum Gasteiger partial charge on any atom is 0.308 e. The van der Waals surface area contributed by atoms with Crippen molar-refractivity contribution in [3.63, 3.8) is 0 Å². The predicted octanol–water partition coefficient (Wildman–Crippen LogP) is 1.23. The lowest BCUT2D eigenvalue weighted by molar-refractivity contribution is -0.146. The van der Waals surface area contributed by atoms with Crippen LogP contribution in [0.3, 0.4) is 0 Å². The van der Waals surface area contributed by atoms with Gasteiger partial charge in [-0.2, -0.15) is 4.31 Å². The van der Waals surface area contributed by atoms with Crippen molar-refractivity contribution in [2.75, 3.05) is 32.6 Å². The van der Waals surface area contributed by atoms with Gasteiger partial charge >= 0.3 is 5.97 Å². The zero-order chi connectivity index (χ0) is 18.6. The second-order valence-electron chi connectivity index (χ2n) is 5.74. The third kappa shape index (κ3) is 4.29. The number of hydrogen-bond acceptors (Lipinski definition) is 6. The number of carbonyl (C=O) groups is 2. The van der Waals surface area contributed by atoms with E-state index >= 15 is 0 Å². The molecule has 1 aromatic rings. The van der Waals surface area contributed by atoms with E-state index in [0.29, 0.717) is 18.5 Å². The molecule has 138 valence electrons. The minimum absolute atomic E-state index is 0.0787. The minimum atomic E-state index is -3.71. The van der Waals surface area contributed by atoms with Crippen LogP contribution in [0, 0.1) is 5.92 Å². The lowest BCUT2D eigenvalue weighted by Gasteiger charge is -2.30. The molecule has 1 aliphatic rings. The number of rotatable bonds is 5. The van der Waals surface area contributed by atoms with Crippen molar-refractivity contribution >= 4 is 27.6 Å². The maximum absolute atomic E-state index is 12.8. The van der Waals surface area contributed by atoms with Crippen LogP contribution in [0.25, 0.3) is 0 Å². The molecule has 0 aliphatic carbocycles. The molecule has 8 nitrogen and oxygen atoms in total. The van der Waals surface area contributed by atoms with Crippen LogP contribution in [0.4, 0.5) is 5.69 Å². The Morgan fingerprint density at radius 2 is 1.84 bits per heavy atom. The van der Waals surface area contributed by atoms with Gasteiger partial charge in [-0.15, -0.1) is 0 Å². The number of benzene rings is 1. The number of nitrogens with zero attached hydrogens (tertiary/aromatic N) is 1. The van der Waals surface area contributed by atoms with Crippen LogP contribution in [0.15, 0.2) is 23.1 Å². The van der Waals surface area contributed by atoms with Crippen LogP contribution < -0.4 is 10.1 Å². The Kier molecular flexibility index (Phi) is 6.02. The van der Waals surface area contributed by atoms with Crippen molar-refractivity contribution in [2.45, 2.75) is 24.7 Å². The quantitative estimate of drug-likeness (QED) is 0.782. The van der Waals surface area contributed by atoms with Crippen LogP contribution >= 0.6 is 0 Å². The molecular weight excluding hydrogens is 348 g/mol. The molecule has 0 bridgehead atoms. The average molecular weight is 370 g/mol. The van der Waals surface area contributed by atoms with Crippen molar-refractivity contribution in [1.29, 1.82) is 0 Å². The third-order valence-corrected chi connectivity index (χ3v) is 6.00. The van der Waals surface area contributed by atoms with Crippen molar-refractivity contribution in [2.24, 2.45) is 5.92 Å². The van der Waals surface area contributed by atoms with E-state index in [0.717, 1.165) is 0 Å². The zero-order valence-electron chi connectivity index (χ0n) is 14.4. The monoisotopic (exact) mass is 370 g/mol. The lowest BCUT2D eigenvalue weighted by atomic mass is 9.99. The van der Waals surface area contributed by atoms with Gasteiger partial charge in [0.15, 0.2) is 0 Å². The van der Waals surface area contributed by atoms with E-state index in [-0.39, 0.29) is 41.5 Å². The number of ether oxygens (including phenoxy) is 2. The van der Waals surface area contributed by atoms with Crippen LogP contribution in [-0.2, 0) is 24.3 Å². The van der Waals surface area contributed by atoms with Crippen LogP contribution in [0.1, 0.15) is 19.8 Å². The highest BCUT2D eigenvalue weighted by molar-refractivity contribution is 7.89. The Hall–Kier alpha value is -2.13. The zero-order valence-corrected chi connectivity index (χ0v) is 15.3. The van der Waals surface area contributed by atoms with Crippen molar-refractivity contribution in [3.05, 3.63) is 18.2 Å². The Balaban J connectivity index is 2.20. The summed E-state index contributed by atoms with van der Waals surface area (Å²) in [7, 11) is -0.978. The molecule has 1 N–H and O–H groups in total. The molecule has 0 radical (unpaired) electrons. The fourth-order valence-corrected chi connectivity index (χ4v) is 4.26. The first-order valence-electron chi connectivity index (χ1n) is 7.83. The highest BCUT2D eigenvalue weighted by Gasteiger charge is 2.32. The Morgan fingerprint density at radius 3 is 2.36 bits per heavy atom. The number of methoxy groups -OCH3 is 2. The number of carbonyl (C=O) groups excluding carboxylic acids is 2. The smallest absolute Gasteiger partial charge is 0.308 e. The summed E-state index contributed by atoms with van der Waals surface area (Å²) in [5, 5.41) is 2.58. The van der Waals surface area contributed by atoms with E-state index in [4.69, 9.17) is 9.47 Å². The second-order valence-corrected chi connectivity index (χ2v) is 7.68. The van der Waals surface area contributed by atoms with E-state index in [1.54, 1.807) is 0 Å². The van der Waals surface area contributed by atoms with Crippen molar-refractivity contribution in [1.82, 2.24) is 4.31 Å². The number of nitrogens with one attached hydrogen (secondary N) is 1. The summed E-state index contributed by atoms with van der Waals surface area (Å²) in [5.41, 5.74) is 0.401. The van der Waals surface area contributed by atoms with E-state index in [1.165, 1.54) is 43.6 Å². The Morgan fingerprint density at radius 1 is 1.20 bits per heavy atom. The van der Waals surface area contributed by atoms with Crippen LogP contribution in [0.2, 0.25) is 0 Å². The van der Waals surface area contributed by atoms with Gasteiger partial charge in [0.2, 0.25) is 15.9 Å². The Labute approximate surface area is 147 Å². The molecule has 1 saturated heterocycles.